The molecule has 0 spiro atoms. The van der Waals surface area contributed by atoms with E-state index in [9.17, 15) is 14.7 Å². The van der Waals surface area contributed by atoms with Crippen molar-refractivity contribution in [2.24, 2.45) is 0 Å². The van der Waals surface area contributed by atoms with E-state index in [0.717, 1.165) is 0 Å². The van der Waals surface area contributed by atoms with Crippen molar-refractivity contribution in [1.82, 2.24) is 5.32 Å². The molecule has 1 aromatic carbocycles. The second kappa shape index (κ2) is 6.92. The molecule has 21 heavy (non-hydrogen) atoms. The van der Waals surface area contributed by atoms with Gasteiger partial charge >= 0.3 is 12.0 Å². The molecule has 0 radical (unpaired) electrons. The van der Waals surface area contributed by atoms with Crippen molar-refractivity contribution in [1.29, 1.82) is 5.26 Å². The molecule has 7 nitrogen and oxygen atoms in total. The molecule has 112 valence electrons. The zero-order valence-corrected chi connectivity index (χ0v) is 11.9. The summed E-state index contributed by atoms with van der Waals surface area (Å²) in [6, 6.07) is 5.61. The quantitative estimate of drug-likeness (QED) is 0.657. The number of nitrogens with one attached hydrogen (secondary N) is 2. The van der Waals surface area contributed by atoms with E-state index in [0.29, 0.717) is 5.56 Å². The van der Waals surface area contributed by atoms with Gasteiger partial charge in [-0.3, -0.25) is 4.79 Å². The van der Waals surface area contributed by atoms with E-state index >= 15 is 0 Å². The van der Waals surface area contributed by atoms with Crippen LogP contribution in [0.15, 0.2) is 18.2 Å². The molecular formula is C13H14ClN3O4. The molecule has 8 heteroatoms. The van der Waals surface area contributed by atoms with Gasteiger partial charge in [-0.15, -0.1) is 0 Å². The predicted octanol–water partition coefficient (Wildman–Crippen LogP) is 1.56. The number of aliphatic carboxylic acids is 1. The van der Waals surface area contributed by atoms with Crippen LogP contribution in [0, 0.1) is 11.3 Å². The Kier molecular flexibility index (Phi) is 5.52. The van der Waals surface area contributed by atoms with Gasteiger partial charge in [-0.05, 0) is 25.1 Å². The van der Waals surface area contributed by atoms with Gasteiger partial charge in [0.25, 0.3) is 0 Å². The van der Waals surface area contributed by atoms with E-state index in [1.807, 2.05) is 6.07 Å². The van der Waals surface area contributed by atoms with Crippen LogP contribution in [-0.2, 0) is 4.79 Å². The molecule has 1 atom stereocenters. The van der Waals surface area contributed by atoms with Crippen LogP contribution in [0.3, 0.4) is 0 Å². The summed E-state index contributed by atoms with van der Waals surface area (Å²) in [6.45, 7) is 1.05. The van der Waals surface area contributed by atoms with Crippen molar-refractivity contribution in [3.8, 4) is 6.07 Å². The number of carboxylic acid groups (broad SMARTS) is 1. The van der Waals surface area contributed by atoms with Gasteiger partial charge in [-0.1, -0.05) is 11.6 Å². The molecule has 0 aliphatic carbocycles. The first-order valence-electron chi connectivity index (χ1n) is 5.92. The highest BCUT2D eigenvalue weighted by Crippen LogP contribution is 2.22. The number of aliphatic hydroxyl groups is 1. The summed E-state index contributed by atoms with van der Waals surface area (Å²) in [7, 11) is 0. The first-order valence-corrected chi connectivity index (χ1v) is 6.30. The molecule has 2 amide bonds. The molecule has 1 rings (SSSR count). The van der Waals surface area contributed by atoms with Gasteiger partial charge in [-0.25, -0.2) is 4.79 Å². The zero-order chi connectivity index (χ0) is 16.0. The average Bonchev–Trinajstić information content (AvgIpc) is 2.38. The number of benzene rings is 1. The Morgan fingerprint density at radius 3 is 2.71 bits per heavy atom. The summed E-state index contributed by atoms with van der Waals surface area (Å²) in [5.41, 5.74) is -1.000. The molecule has 1 aromatic rings. The summed E-state index contributed by atoms with van der Waals surface area (Å²) in [4.78, 5) is 22.2. The van der Waals surface area contributed by atoms with Gasteiger partial charge in [0.15, 0.2) is 0 Å². The number of amides is 2. The highest BCUT2D eigenvalue weighted by atomic mass is 35.5. The zero-order valence-electron chi connectivity index (χ0n) is 11.2. The number of urea groups is 1. The molecule has 0 aromatic heterocycles. The lowest BCUT2D eigenvalue weighted by atomic mass is 10.0. The normalized spacial score (nSPS) is 12.9. The Hall–Kier alpha value is -2.30. The summed E-state index contributed by atoms with van der Waals surface area (Å²) in [5.74, 6) is -1.17. The highest BCUT2D eigenvalue weighted by Gasteiger charge is 2.24. The third kappa shape index (κ3) is 5.69. The van der Waals surface area contributed by atoms with Crippen LogP contribution in [0.5, 0.6) is 0 Å². The number of carboxylic acids is 1. The number of nitriles is 1. The molecule has 1 unspecified atom stereocenters. The summed E-state index contributed by atoms with van der Waals surface area (Å²) >= 11 is 5.88. The Bertz CT molecular complexity index is 596. The molecule has 0 aliphatic rings. The Balaban J connectivity index is 2.63. The van der Waals surface area contributed by atoms with E-state index in [-0.39, 0.29) is 17.3 Å². The fourth-order valence-electron chi connectivity index (χ4n) is 1.52. The lowest BCUT2D eigenvalue weighted by Gasteiger charge is -2.21. The molecular weight excluding hydrogens is 298 g/mol. The first-order chi connectivity index (χ1) is 9.73. The van der Waals surface area contributed by atoms with Crippen molar-refractivity contribution in [3.63, 3.8) is 0 Å². The van der Waals surface area contributed by atoms with Gasteiger partial charge in [0, 0.05) is 6.54 Å². The van der Waals surface area contributed by atoms with Crippen LogP contribution in [0.2, 0.25) is 5.02 Å². The largest absolute Gasteiger partial charge is 0.481 e. The topological polar surface area (TPSA) is 122 Å². The van der Waals surface area contributed by atoms with Crippen molar-refractivity contribution < 1.29 is 19.8 Å². The van der Waals surface area contributed by atoms with Crippen LogP contribution in [0.4, 0.5) is 10.5 Å². The molecule has 0 aliphatic heterocycles. The summed E-state index contributed by atoms with van der Waals surface area (Å²) < 4.78 is 0. The number of nitrogens with zero attached hydrogens (tertiary/aromatic N) is 1. The van der Waals surface area contributed by atoms with Crippen LogP contribution in [0.1, 0.15) is 18.9 Å². The minimum absolute atomic E-state index is 0.242. The van der Waals surface area contributed by atoms with E-state index in [2.05, 4.69) is 10.6 Å². The summed E-state index contributed by atoms with van der Waals surface area (Å²) in [5, 5.41) is 32.1. The predicted molar refractivity (Wildman–Crippen MR) is 76.1 cm³/mol. The Labute approximate surface area is 126 Å². The van der Waals surface area contributed by atoms with Gasteiger partial charge in [0.1, 0.15) is 0 Å². The molecule has 0 fully saturated rings. The third-order valence-corrected chi connectivity index (χ3v) is 2.84. The lowest BCUT2D eigenvalue weighted by molar-refractivity contribution is -0.141. The Morgan fingerprint density at radius 1 is 1.48 bits per heavy atom. The number of halogens is 1. The number of rotatable bonds is 5. The minimum atomic E-state index is -1.57. The fourth-order valence-corrected chi connectivity index (χ4v) is 1.68. The van der Waals surface area contributed by atoms with Gasteiger partial charge in [-0.2, -0.15) is 5.26 Å². The monoisotopic (exact) mass is 311 g/mol. The first kappa shape index (κ1) is 16.8. The van der Waals surface area contributed by atoms with E-state index in [1.54, 1.807) is 0 Å². The number of anilines is 1. The molecule has 0 saturated carbocycles. The maximum absolute atomic E-state index is 11.7. The van der Waals surface area contributed by atoms with Gasteiger partial charge < -0.3 is 20.8 Å². The van der Waals surface area contributed by atoms with E-state index in [4.69, 9.17) is 22.0 Å². The maximum Gasteiger partial charge on any atom is 0.319 e. The fraction of sp³-hybridized carbons (Fsp3) is 0.308. The second-order valence-corrected chi connectivity index (χ2v) is 5.09. The van der Waals surface area contributed by atoms with Crippen LogP contribution in [-0.4, -0.2) is 34.4 Å². The van der Waals surface area contributed by atoms with Crippen molar-refractivity contribution >= 4 is 29.3 Å². The highest BCUT2D eigenvalue weighted by molar-refractivity contribution is 6.33. The standard InChI is InChI=1S/C13H14ClN3O4/c1-13(21,5-11(18)19)7-16-12(20)17-10-4-8(6-15)2-3-9(10)14/h2-4,21H,5,7H2,1H3,(H,18,19)(H2,16,17,20). The number of hydrogen-bond acceptors (Lipinski definition) is 4. The summed E-state index contributed by atoms with van der Waals surface area (Å²) in [6.07, 6.45) is -0.502. The third-order valence-electron chi connectivity index (χ3n) is 2.51. The minimum Gasteiger partial charge on any atom is -0.481 e. The van der Waals surface area contributed by atoms with E-state index in [1.165, 1.54) is 25.1 Å². The maximum atomic E-state index is 11.7. The second-order valence-electron chi connectivity index (χ2n) is 4.68. The van der Waals surface area contributed by atoms with Crippen LogP contribution >= 0.6 is 11.6 Å². The lowest BCUT2D eigenvalue weighted by Crippen LogP contribution is -2.43. The number of hydrogen-bond donors (Lipinski definition) is 4. The van der Waals surface area contributed by atoms with Gasteiger partial charge in [0.2, 0.25) is 0 Å². The van der Waals surface area contributed by atoms with Crippen molar-refractivity contribution in [2.45, 2.75) is 18.9 Å². The average molecular weight is 312 g/mol. The van der Waals surface area contributed by atoms with Crippen LogP contribution < -0.4 is 10.6 Å². The van der Waals surface area contributed by atoms with Crippen LogP contribution in [0.25, 0.3) is 0 Å². The number of carbonyl (C=O) groups excluding carboxylic acids is 1. The molecule has 0 heterocycles. The smallest absolute Gasteiger partial charge is 0.319 e. The molecule has 4 N–H and O–H groups in total. The van der Waals surface area contributed by atoms with Crippen molar-refractivity contribution in [3.05, 3.63) is 28.8 Å². The molecule has 0 bridgehead atoms. The SMILES string of the molecule is CC(O)(CNC(=O)Nc1cc(C#N)ccc1Cl)CC(=O)O. The van der Waals surface area contributed by atoms with Gasteiger partial charge in [0.05, 0.1) is 34.4 Å². The van der Waals surface area contributed by atoms with E-state index < -0.39 is 24.0 Å². The number of carbonyl (C=O) groups is 2. The van der Waals surface area contributed by atoms with Crippen molar-refractivity contribution in [2.75, 3.05) is 11.9 Å². The molecule has 0 saturated heterocycles. The Morgan fingerprint density at radius 2 is 2.14 bits per heavy atom.